The summed E-state index contributed by atoms with van der Waals surface area (Å²) in [5, 5.41) is 33.6. The van der Waals surface area contributed by atoms with Gasteiger partial charge in [0.15, 0.2) is 0 Å². The van der Waals surface area contributed by atoms with E-state index in [-0.39, 0.29) is 0 Å². The van der Waals surface area contributed by atoms with E-state index in [9.17, 15) is 10.5 Å². The molecule has 0 bridgehead atoms. The van der Waals surface area contributed by atoms with Gasteiger partial charge in [-0.2, -0.15) is 10.5 Å². The SMILES string of the molecule is N#Cc1c(-n2c3c(c4ccccc42)C=CCC3)c(-c2ccc3oc4ccccc4c3c2)c(-n2c3ccccc3c3ccccc32)c(C#N)c1-n1c2ccccc2c2c3oc4ccccc4c3ccc21. The number of rotatable bonds is 4. The Kier molecular flexibility index (Phi) is 7.63. The zero-order valence-corrected chi connectivity index (χ0v) is 36.9. The number of hydrogen-bond acceptors (Lipinski definition) is 4. The summed E-state index contributed by atoms with van der Waals surface area (Å²) in [6, 6.07) is 66.1. The topological polar surface area (TPSA) is 88.6 Å². The maximum atomic E-state index is 12.3. The summed E-state index contributed by atoms with van der Waals surface area (Å²) in [4.78, 5) is 0. The fourth-order valence-electron chi connectivity index (χ4n) is 11.8. The van der Waals surface area contributed by atoms with E-state index >= 15 is 0 Å². The zero-order valence-electron chi connectivity index (χ0n) is 36.9. The summed E-state index contributed by atoms with van der Waals surface area (Å²) >= 11 is 0. The van der Waals surface area contributed by atoms with Crippen molar-refractivity contribution in [2.45, 2.75) is 12.8 Å². The molecule has 5 aromatic heterocycles. The number of furan rings is 2. The van der Waals surface area contributed by atoms with Gasteiger partial charge < -0.3 is 22.5 Å². The summed E-state index contributed by atoms with van der Waals surface area (Å²) in [6.07, 6.45) is 6.08. The van der Waals surface area contributed by atoms with Crippen molar-refractivity contribution in [3.63, 3.8) is 0 Å². The lowest BCUT2D eigenvalue weighted by molar-refractivity contribution is 0.669. The maximum absolute atomic E-state index is 12.3. The van der Waals surface area contributed by atoms with Gasteiger partial charge >= 0.3 is 0 Å². The molecule has 9 aromatic carbocycles. The van der Waals surface area contributed by atoms with Crippen molar-refractivity contribution in [2.75, 3.05) is 0 Å². The van der Waals surface area contributed by atoms with Gasteiger partial charge in [0.1, 0.15) is 45.6 Å². The predicted molar refractivity (Wildman–Crippen MR) is 279 cm³/mol. The van der Waals surface area contributed by atoms with Crippen molar-refractivity contribution in [1.29, 1.82) is 10.5 Å². The van der Waals surface area contributed by atoms with Crippen LogP contribution in [0.4, 0.5) is 0 Å². The molecule has 0 saturated carbocycles. The van der Waals surface area contributed by atoms with Crippen LogP contribution in [0.25, 0.3) is 133 Å². The average Bonchev–Trinajstić information content (AvgIpc) is 4.21. The second-order valence-electron chi connectivity index (χ2n) is 18.0. The first-order valence-corrected chi connectivity index (χ1v) is 23.3. The van der Waals surface area contributed by atoms with Crippen LogP contribution in [0.3, 0.4) is 0 Å². The van der Waals surface area contributed by atoms with E-state index < -0.39 is 0 Å². The minimum Gasteiger partial charge on any atom is -0.456 e. The molecule has 0 saturated heterocycles. The van der Waals surface area contributed by atoms with Gasteiger partial charge in [-0.1, -0.05) is 127 Å². The van der Waals surface area contributed by atoms with Crippen molar-refractivity contribution >= 4 is 104 Å². The Hall–Kier alpha value is -9.56. The van der Waals surface area contributed by atoms with Crippen molar-refractivity contribution in [2.24, 2.45) is 0 Å². The average molecular weight is 882 g/mol. The van der Waals surface area contributed by atoms with Crippen LogP contribution in [0.15, 0.2) is 191 Å². The minimum atomic E-state index is 0.367. The molecule has 320 valence electrons. The van der Waals surface area contributed by atoms with Crippen LogP contribution in [-0.4, -0.2) is 13.7 Å². The van der Waals surface area contributed by atoms with Crippen molar-refractivity contribution in [3.8, 4) is 40.3 Å². The Morgan fingerprint density at radius 3 is 1.62 bits per heavy atom. The lowest BCUT2D eigenvalue weighted by Crippen LogP contribution is -2.15. The van der Waals surface area contributed by atoms with Crippen LogP contribution in [0, 0.1) is 22.7 Å². The zero-order chi connectivity index (χ0) is 45.5. The number of aromatic nitrogens is 3. The third kappa shape index (κ3) is 4.97. The number of nitrogens with zero attached hydrogens (tertiary/aromatic N) is 5. The summed E-state index contributed by atoms with van der Waals surface area (Å²) < 4.78 is 20.0. The summed E-state index contributed by atoms with van der Waals surface area (Å²) in [5.74, 6) is 0. The molecule has 0 atom stereocenters. The molecular weight excluding hydrogens is 847 g/mol. The molecule has 1 aliphatic carbocycles. The van der Waals surface area contributed by atoms with Crippen LogP contribution in [-0.2, 0) is 6.42 Å². The number of fused-ring (bicyclic) bond motifs is 16. The minimum absolute atomic E-state index is 0.367. The van der Waals surface area contributed by atoms with Crippen LogP contribution >= 0.6 is 0 Å². The van der Waals surface area contributed by atoms with Crippen LogP contribution in [0.1, 0.15) is 28.8 Å². The molecule has 0 radical (unpaired) electrons. The van der Waals surface area contributed by atoms with E-state index in [0.717, 1.165) is 134 Å². The standard InChI is InChI=1S/C62H35N5O2/c63-34-46-59(67-52-26-12-5-21-44(52)58-53(67)31-30-43-41-19-6-14-28-55(41)69-62(43)58)47(35-64)61(66-50-24-10-3-17-39(50)40-18-4-11-25-51(40)66)57(36-29-32-56-45(33-36)42-20-7-13-27-54(42)68-56)60(46)65-48-22-8-1-15-37(48)38-16-2-9-23-49(38)65/h1-10,12-24,26-33H,11,25H2. The van der Waals surface area contributed by atoms with Crippen LogP contribution in [0.2, 0.25) is 0 Å². The number of benzene rings is 9. The van der Waals surface area contributed by atoms with Gasteiger partial charge in [-0.25, -0.2) is 0 Å². The lowest BCUT2D eigenvalue weighted by Gasteiger charge is -2.27. The van der Waals surface area contributed by atoms with Gasteiger partial charge in [-0.3, -0.25) is 0 Å². The van der Waals surface area contributed by atoms with E-state index in [1.807, 2.05) is 54.6 Å². The molecule has 5 heterocycles. The van der Waals surface area contributed by atoms with E-state index in [0.29, 0.717) is 28.2 Å². The highest BCUT2D eigenvalue weighted by molar-refractivity contribution is 6.24. The molecular formula is C62H35N5O2. The van der Waals surface area contributed by atoms with Gasteiger partial charge in [0, 0.05) is 59.9 Å². The van der Waals surface area contributed by atoms with Crippen molar-refractivity contribution in [3.05, 3.63) is 204 Å². The highest BCUT2D eigenvalue weighted by Crippen LogP contribution is 2.50. The smallest absolute Gasteiger partial charge is 0.145 e. The first kappa shape index (κ1) is 37.6. The molecule has 0 aliphatic heterocycles. The Labute approximate surface area is 393 Å². The van der Waals surface area contributed by atoms with Crippen LogP contribution in [0.5, 0.6) is 0 Å². The Balaban J connectivity index is 1.23. The van der Waals surface area contributed by atoms with Gasteiger partial charge in [-0.05, 0) is 79.1 Å². The largest absolute Gasteiger partial charge is 0.456 e. The first-order valence-electron chi connectivity index (χ1n) is 23.3. The number of nitriles is 2. The molecule has 0 fully saturated rings. The van der Waals surface area contributed by atoms with E-state index in [2.05, 4.69) is 159 Å². The molecule has 1 aliphatic rings. The summed E-state index contributed by atoms with van der Waals surface area (Å²) in [6.45, 7) is 0. The third-order valence-corrected chi connectivity index (χ3v) is 14.6. The van der Waals surface area contributed by atoms with E-state index in [1.54, 1.807) is 0 Å². The molecule has 7 heteroatoms. The van der Waals surface area contributed by atoms with Gasteiger partial charge in [-0.15, -0.1) is 0 Å². The predicted octanol–water partition coefficient (Wildman–Crippen LogP) is 16.0. The van der Waals surface area contributed by atoms with E-state index in [1.165, 1.54) is 0 Å². The third-order valence-electron chi connectivity index (χ3n) is 14.6. The van der Waals surface area contributed by atoms with Crippen LogP contribution < -0.4 is 0 Å². The molecule has 14 aromatic rings. The second kappa shape index (κ2) is 14.0. The van der Waals surface area contributed by atoms with Gasteiger partial charge in [0.05, 0.1) is 50.0 Å². The second-order valence-corrected chi connectivity index (χ2v) is 18.0. The Morgan fingerprint density at radius 1 is 0.420 bits per heavy atom. The highest BCUT2D eigenvalue weighted by atomic mass is 16.3. The lowest BCUT2D eigenvalue weighted by atomic mass is 9.90. The van der Waals surface area contributed by atoms with Crippen molar-refractivity contribution < 1.29 is 8.83 Å². The number of para-hydroxylation sites is 6. The van der Waals surface area contributed by atoms with Crippen molar-refractivity contribution in [1.82, 2.24) is 13.7 Å². The highest BCUT2D eigenvalue weighted by Gasteiger charge is 2.34. The summed E-state index contributed by atoms with van der Waals surface area (Å²) in [7, 11) is 0. The summed E-state index contributed by atoms with van der Waals surface area (Å²) in [5.41, 5.74) is 14.2. The first-order chi connectivity index (χ1) is 34.2. The molecule has 15 rings (SSSR count). The number of hydrogen-bond donors (Lipinski definition) is 0. The molecule has 0 N–H and O–H groups in total. The number of allylic oxidation sites excluding steroid dienone is 1. The molecule has 0 unspecified atom stereocenters. The quantitative estimate of drug-likeness (QED) is 0.176. The fourth-order valence-corrected chi connectivity index (χ4v) is 11.8. The Bertz CT molecular complexity index is 4650. The monoisotopic (exact) mass is 881 g/mol. The fraction of sp³-hybridized carbons (Fsp3) is 0.0323. The van der Waals surface area contributed by atoms with E-state index in [4.69, 9.17) is 8.83 Å². The maximum Gasteiger partial charge on any atom is 0.145 e. The van der Waals surface area contributed by atoms with Gasteiger partial charge in [0.25, 0.3) is 0 Å². The molecule has 0 amide bonds. The van der Waals surface area contributed by atoms with Gasteiger partial charge in [0.2, 0.25) is 0 Å². The Morgan fingerprint density at radius 2 is 0.942 bits per heavy atom. The normalized spacial score (nSPS) is 12.7. The molecule has 7 nitrogen and oxygen atoms in total. The molecule has 69 heavy (non-hydrogen) atoms. The molecule has 0 spiro atoms.